The second-order valence-corrected chi connectivity index (χ2v) is 4.22. The quantitative estimate of drug-likeness (QED) is 0.640. The van der Waals surface area contributed by atoms with Gasteiger partial charge in [-0.2, -0.15) is 4.53 Å². The van der Waals surface area contributed by atoms with E-state index in [0.29, 0.717) is 11.7 Å². The molecule has 0 aromatic carbocycles. The molecule has 2 heterocycles. The van der Waals surface area contributed by atoms with Gasteiger partial charge in [0.1, 0.15) is 5.84 Å². The maximum Gasteiger partial charge on any atom is 0.169 e. The third kappa shape index (κ3) is 1.57. The summed E-state index contributed by atoms with van der Waals surface area (Å²) in [5, 5.41) is 1.67. The SMILES string of the molecule is CC(=O)C1C(N(C)C)=NC2=CC=CN(Cl)N21. The van der Waals surface area contributed by atoms with Crippen LogP contribution in [0.2, 0.25) is 0 Å². The number of hydrazine groups is 1. The molecular formula is C10H13ClN4O. The molecule has 0 radical (unpaired) electrons. The van der Waals surface area contributed by atoms with Gasteiger partial charge >= 0.3 is 0 Å². The van der Waals surface area contributed by atoms with E-state index in [9.17, 15) is 4.79 Å². The lowest BCUT2D eigenvalue weighted by Gasteiger charge is -2.33. The molecule has 0 aromatic rings. The average Bonchev–Trinajstić information content (AvgIpc) is 2.58. The first-order chi connectivity index (χ1) is 7.52. The molecule has 2 aliphatic heterocycles. The van der Waals surface area contributed by atoms with Crippen molar-refractivity contribution in [2.75, 3.05) is 14.1 Å². The van der Waals surface area contributed by atoms with Crippen LogP contribution >= 0.6 is 11.8 Å². The summed E-state index contributed by atoms with van der Waals surface area (Å²) >= 11 is 6.01. The van der Waals surface area contributed by atoms with E-state index in [-0.39, 0.29) is 5.78 Å². The Morgan fingerprint density at radius 3 is 2.81 bits per heavy atom. The molecule has 0 fully saturated rings. The molecule has 5 nitrogen and oxygen atoms in total. The van der Waals surface area contributed by atoms with Crippen LogP contribution in [0.5, 0.6) is 0 Å². The highest BCUT2D eigenvalue weighted by molar-refractivity contribution is 6.15. The van der Waals surface area contributed by atoms with Crippen molar-refractivity contribution in [2.24, 2.45) is 4.99 Å². The van der Waals surface area contributed by atoms with Crippen LogP contribution in [0.3, 0.4) is 0 Å². The second kappa shape index (κ2) is 3.83. The fourth-order valence-electron chi connectivity index (χ4n) is 1.76. The van der Waals surface area contributed by atoms with Crippen molar-refractivity contribution >= 4 is 23.4 Å². The van der Waals surface area contributed by atoms with Crippen molar-refractivity contribution in [1.82, 2.24) is 14.4 Å². The summed E-state index contributed by atoms with van der Waals surface area (Å²) in [4.78, 5) is 17.9. The van der Waals surface area contributed by atoms with Crippen molar-refractivity contribution in [3.05, 3.63) is 24.2 Å². The molecule has 0 N–H and O–H groups in total. The standard InChI is InChI=1S/C10H13ClN4O/c1-7(16)9-10(13(2)3)12-8-5-4-6-14(11)15(8)9/h4-6,9H,1-3H3. The number of allylic oxidation sites excluding steroid dienone is 2. The molecule has 16 heavy (non-hydrogen) atoms. The normalized spacial score (nSPS) is 22.9. The zero-order valence-corrected chi connectivity index (χ0v) is 10.1. The van der Waals surface area contributed by atoms with E-state index in [1.54, 1.807) is 17.3 Å². The minimum Gasteiger partial charge on any atom is -0.364 e. The van der Waals surface area contributed by atoms with E-state index in [1.165, 1.54) is 11.5 Å². The number of rotatable bonds is 1. The predicted molar refractivity (Wildman–Crippen MR) is 62.3 cm³/mol. The number of halogens is 1. The van der Waals surface area contributed by atoms with Gasteiger partial charge in [-0.3, -0.25) is 4.79 Å². The van der Waals surface area contributed by atoms with Crippen LogP contribution in [-0.2, 0) is 4.79 Å². The summed E-state index contributed by atoms with van der Waals surface area (Å²) in [6, 6.07) is -0.441. The summed E-state index contributed by atoms with van der Waals surface area (Å²) in [6.07, 6.45) is 5.29. The number of fused-ring (bicyclic) bond motifs is 1. The summed E-state index contributed by atoms with van der Waals surface area (Å²) < 4.78 is 1.36. The van der Waals surface area contributed by atoms with Gasteiger partial charge in [-0.15, -0.1) is 0 Å². The lowest BCUT2D eigenvalue weighted by atomic mass is 10.2. The van der Waals surface area contributed by atoms with Crippen LogP contribution in [0.25, 0.3) is 0 Å². The number of carbonyl (C=O) groups excluding carboxylic acids is 1. The molecule has 2 rings (SSSR count). The third-order valence-corrected chi connectivity index (χ3v) is 2.73. The van der Waals surface area contributed by atoms with Crippen LogP contribution in [-0.4, -0.2) is 46.2 Å². The Labute approximate surface area is 99.4 Å². The van der Waals surface area contributed by atoms with E-state index >= 15 is 0 Å². The van der Waals surface area contributed by atoms with Crippen molar-refractivity contribution in [2.45, 2.75) is 13.0 Å². The molecule has 0 saturated heterocycles. The molecule has 6 heteroatoms. The molecule has 0 aliphatic carbocycles. The van der Waals surface area contributed by atoms with Crippen molar-refractivity contribution in [1.29, 1.82) is 0 Å². The maximum absolute atomic E-state index is 11.7. The van der Waals surface area contributed by atoms with Crippen LogP contribution in [0.1, 0.15) is 6.92 Å². The first-order valence-corrected chi connectivity index (χ1v) is 5.25. The fourth-order valence-corrected chi connectivity index (χ4v) is 1.99. The molecule has 1 unspecified atom stereocenters. The number of Topliss-reactive ketones (excluding diaryl/α,β-unsaturated/α-hetero) is 1. The van der Waals surface area contributed by atoms with Crippen LogP contribution in [0.4, 0.5) is 0 Å². The average molecular weight is 241 g/mol. The summed E-state index contributed by atoms with van der Waals surface area (Å²) in [5.41, 5.74) is 0. The summed E-state index contributed by atoms with van der Waals surface area (Å²) in [5.74, 6) is 1.39. The first kappa shape index (κ1) is 11.0. The van der Waals surface area contributed by atoms with E-state index in [1.807, 2.05) is 25.1 Å². The highest BCUT2D eigenvalue weighted by Crippen LogP contribution is 2.28. The largest absolute Gasteiger partial charge is 0.364 e. The molecule has 1 atom stereocenters. The molecule has 0 saturated carbocycles. The van der Waals surface area contributed by atoms with Crippen molar-refractivity contribution < 1.29 is 4.79 Å². The van der Waals surface area contributed by atoms with Gasteiger partial charge in [-0.05, 0) is 19.1 Å². The Morgan fingerprint density at radius 1 is 1.56 bits per heavy atom. The van der Waals surface area contributed by atoms with Gasteiger partial charge in [0, 0.05) is 32.1 Å². The number of carbonyl (C=O) groups is 1. The van der Waals surface area contributed by atoms with Gasteiger partial charge in [0.05, 0.1) is 0 Å². The van der Waals surface area contributed by atoms with Crippen LogP contribution < -0.4 is 0 Å². The second-order valence-electron chi connectivity index (χ2n) is 3.88. The Bertz CT molecular complexity index is 413. The summed E-state index contributed by atoms with van der Waals surface area (Å²) in [6.45, 7) is 1.54. The predicted octanol–water partition coefficient (Wildman–Crippen LogP) is 0.959. The Balaban J connectivity index is 2.42. The van der Waals surface area contributed by atoms with E-state index < -0.39 is 6.04 Å². The third-order valence-electron chi connectivity index (χ3n) is 2.46. The molecule has 0 spiro atoms. The minimum atomic E-state index is -0.441. The Morgan fingerprint density at radius 2 is 2.25 bits per heavy atom. The lowest BCUT2D eigenvalue weighted by Crippen LogP contribution is -2.49. The van der Waals surface area contributed by atoms with Gasteiger partial charge in [-0.1, -0.05) is 0 Å². The zero-order chi connectivity index (χ0) is 11.9. The smallest absolute Gasteiger partial charge is 0.169 e. The number of hydrogen-bond donors (Lipinski definition) is 0. The molecule has 0 aromatic heterocycles. The highest BCUT2D eigenvalue weighted by Gasteiger charge is 2.40. The highest BCUT2D eigenvalue weighted by atomic mass is 35.5. The van der Waals surface area contributed by atoms with Crippen LogP contribution in [0, 0.1) is 0 Å². The molecule has 2 aliphatic rings. The maximum atomic E-state index is 11.7. The zero-order valence-electron chi connectivity index (χ0n) is 9.38. The number of likely N-dealkylation sites (N-methyl/N-ethyl adjacent to an activating group) is 1. The topological polar surface area (TPSA) is 39.2 Å². The van der Waals surface area contributed by atoms with Gasteiger partial charge < -0.3 is 4.90 Å². The van der Waals surface area contributed by atoms with E-state index in [0.717, 1.165) is 0 Å². The first-order valence-electron chi connectivity index (χ1n) is 4.91. The number of nitrogens with zero attached hydrogens (tertiary/aromatic N) is 4. The number of hydrogen-bond acceptors (Lipinski definition) is 5. The molecular weight excluding hydrogens is 228 g/mol. The van der Waals surface area contributed by atoms with Crippen molar-refractivity contribution in [3.8, 4) is 0 Å². The molecule has 0 bridgehead atoms. The monoisotopic (exact) mass is 240 g/mol. The van der Waals surface area contributed by atoms with Gasteiger partial charge in [0.25, 0.3) is 0 Å². The minimum absolute atomic E-state index is 0.0109. The van der Waals surface area contributed by atoms with Gasteiger partial charge in [0.15, 0.2) is 17.6 Å². The Kier molecular flexibility index (Phi) is 2.63. The lowest BCUT2D eigenvalue weighted by molar-refractivity contribution is -0.121. The molecule has 0 amide bonds. The van der Waals surface area contributed by atoms with Gasteiger partial charge in [-0.25, -0.2) is 10.0 Å². The van der Waals surface area contributed by atoms with Crippen molar-refractivity contribution in [3.63, 3.8) is 0 Å². The fraction of sp³-hybridized carbons (Fsp3) is 0.400. The van der Waals surface area contributed by atoms with E-state index in [2.05, 4.69) is 4.99 Å². The Hall–Kier alpha value is -1.49. The number of ketones is 1. The number of aliphatic imine (C=N–C) groups is 1. The van der Waals surface area contributed by atoms with Gasteiger partial charge in [0.2, 0.25) is 0 Å². The number of amidine groups is 1. The van der Waals surface area contributed by atoms with Crippen LogP contribution in [0.15, 0.2) is 29.2 Å². The molecule has 86 valence electrons. The van der Waals surface area contributed by atoms with E-state index in [4.69, 9.17) is 11.8 Å². The summed E-state index contributed by atoms with van der Waals surface area (Å²) in [7, 11) is 3.72.